The number of likely N-dealkylation sites (N-methyl/N-ethyl adjacent to an activating group) is 1. The SMILES string of the molecule is CN1CCc2nc(NC(=O)C3CCCc4ccccc43)sc2C1. The number of nitrogens with one attached hydrogen (secondary N) is 1. The van der Waals surface area contributed by atoms with E-state index in [1.165, 1.54) is 16.0 Å². The predicted molar refractivity (Wildman–Crippen MR) is 92.9 cm³/mol. The van der Waals surface area contributed by atoms with Gasteiger partial charge in [0, 0.05) is 24.4 Å². The monoisotopic (exact) mass is 327 g/mol. The van der Waals surface area contributed by atoms with Gasteiger partial charge in [-0.1, -0.05) is 24.3 Å². The molecule has 0 saturated carbocycles. The minimum absolute atomic E-state index is 0.0384. The molecule has 2 aromatic rings. The third-order valence-corrected chi connectivity index (χ3v) is 5.84. The number of aryl methyl sites for hydroxylation is 1. The van der Waals surface area contributed by atoms with E-state index in [9.17, 15) is 4.79 Å². The standard InChI is InChI=1S/C18H21N3OS/c1-21-10-9-15-16(11-21)23-18(19-15)20-17(22)14-8-4-6-12-5-2-3-7-13(12)14/h2-3,5,7,14H,4,6,8-11H2,1H3,(H,19,20,22). The molecule has 4 nitrogen and oxygen atoms in total. The normalized spacial score (nSPS) is 20.7. The van der Waals surface area contributed by atoms with Crippen molar-refractivity contribution in [3.63, 3.8) is 0 Å². The summed E-state index contributed by atoms with van der Waals surface area (Å²) in [6.45, 7) is 1.98. The maximum absolute atomic E-state index is 12.8. The Morgan fingerprint density at radius 2 is 2.22 bits per heavy atom. The van der Waals surface area contributed by atoms with Crippen molar-refractivity contribution in [1.82, 2.24) is 9.88 Å². The first-order chi connectivity index (χ1) is 11.2. The molecule has 2 aliphatic rings. The van der Waals surface area contributed by atoms with Crippen LogP contribution in [0.2, 0.25) is 0 Å². The Morgan fingerprint density at radius 1 is 1.35 bits per heavy atom. The zero-order chi connectivity index (χ0) is 15.8. The number of fused-ring (bicyclic) bond motifs is 2. The largest absolute Gasteiger partial charge is 0.301 e. The van der Waals surface area contributed by atoms with Gasteiger partial charge in [0.1, 0.15) is 0 Å². The lowest BCUT2D eigenvalue weighted by Crippen LogP contribution is -2.25. The Bertz CT molecular complexity index is 740. The molecule has 0 radical (unpaired) electrons. The number of aromatic nitrogens is 1. The molecule has 120 valence electrons. The zero-order valence-electron chi connectivity index (χ0n) is 13.3. The van der Waals surface area contributed by atoms with Crippen molar-refractivity contribution in [1.29, 1.82) is 0 Å². The van der Waals surface area contributed by atoms with Crippen LogP contribution in [-0.4, -0.2) is 29.4 Å². The summed E-state index contributed by atoms with van der Waals surface area (Å²) in [4.78, 5) is 21.0. The van der Waals surface area contributed by atoms with E-state index in [1.54, 1.807) is 11.3 Å². The van der Waals surface area contributed by atoms with Crippen molar-refractivity contribution in [2.75, 3.05) is 18.9 Å². The van der Waals surface area contributed by atoms with E-state index < -0.39 is 0 Å². The van der Waals surface area contributed by atoms with Gasteiger partial charge >= 0.3 is 0 Å². The molecule has 0 bridgehead atoms. The number of thiazole rings is 1. The summed E-state index contributed by atoms with van der Waals surface area (Å²) < 4.78 is 0. The number of hydrogen-bond donors (Lipinski definition) is 1. The maximum Gasteiger partial charge on any atom is 0.233 e. The summed E-state index contributed by atoms with van der Waals surface area (Å²) in [6.07, 6.45) is 4.06. The van der Waals surface area contributed by atoms with Crippen LogP contribution in [-0.2, 0) is 24.2 Å². The smallest absolute Gasteiger partial charge is 0.233 e. The molecule has 1 aliphatic carbocycles. The van der Waals surface area contributed by atoms with Crippen LogP contribution < -0.4 is 5.32 Å². The van der Waals surface area contributed by atoms with Crippen molar-refractivity contribution in [3.8, 4) is 0 Å². The Morgan fingerprint density at radius 3 is 3.13 bits per heavy atom. The molecule has 23 heavy (non-hydrogen) atoms. The average molecular weight is 327 g/mol. The van der Waals surface area contributed by atoms with E-state index in [4.69, 9.17) is 0 Å². The van der Waals surface area contributed by atoms with Gasteiger partial charge in [0.25, 0.3) is 0 Å². The maximum atomic E-state index is 12.8. The number of benzene rings is 1. The highest BCUT2D eigenvalue weighted by atomic mass is 32.1. The van der Waals surface area contributed by atoms with Gasteiger partial charge in [-0.25, -0.2) is 4.98 Å². The van der Waals surface area contributed by atoms with E-state index in [1.807, 2.05) is 6.07 Å². The molecule has 1 N–H and O–H groups in total. The molecule has 1 aromatic heterocycles. The number of nitrogens with zero attached hydrogens (tertiary/aromatic N) is 2. The molecule has 0 fully saturated rings. The second-order valence-corrected chi connectivity index (χ2v) is 7.59. The lowest BCUT2D eigenvalue weighted by molar-refractivity contribution is -0.117. The van der Waals surface area contributed by atoms with Gasteiger partial charge in [-0.2, -0.15) is 0 Å². The molecule has 1 aromatic carbocycles. The number of hydrogen-bond acceptors (Lipinski definition) is 4. The third-order valence-electron chi connectivity index (χ3n) is 4.84. The van der Waals surface area contributed by atoms with Crippen molar-refractivity contribution in [2.24, 2.45) is 0 Å². The highest BCUT2D eigenvalue weighted by Gasteiger charge is 2.27. The fourth-order valence-corrected chi connectivity index (χ4v) is 4.69. The first kappa shape index (κ1) is 14.8. The number of anilines is 1. The minimum atomic E-state index is -0.0384. The molecule has 1 amide bonds. The topological polar surface area (TPSA) is 45.2 Å². The molecule has 2 heterocycles. The number of amides is 1. The molecule has 0 saturated heterocycles. The van der Waals surface area contributed by atoms with Crippen LogP contribution in [0.4, 0.5) is 5.13 Å². The molecule has 0 spiro atoms. The van der Waals surface area contributed by atoms with Crippen LogP contribution in [0.5, 0.6) is 0 Å². The second-order valence-electron chi connectivity index (χ2n) is 6.51. The summed E-state index contributed by atoms with van der Waals surface area (Å²) in [7, 11) is 2.12. The highest BCUT2D eigenvalue weighted by Crippen LogP contribution is 2.33. The van der Waals surface area contributed by atoms with Gasteiger partial charge in [0.2, 0.25) is 5.91 Å². The first-order valence-corrected chi connectivity index (χ1v) is 9.08. The van der Waals surface area contributed by atoms with Crippen molar-refractivity contribution in [3.05, 3.63) is 46.0 Å². The third kappa shape index (κ3) is 2.91. The molecule has 1 unspecified atom stereocenters. The van der Waals surface area contributed by atoms with E-state index in [0.717, 1.165) is 49.6 Å². The summed E-state index contributed by atoms with van der Waals surface area (Å²) in [5.74, 6) is 0.0557. The fraction of sp³-hybridized carbons (Fsp3) is 0.444. The minimum Gasteiger partial charge on any atom is -0.301 e. The molecular weight excluding hydrogens is 306 g/mol. The molecule has 4 rings (SSSR count). The van der Waals surface area contributed by atoms with Crippen LogP contribution in [0, 0.1) is 0 Å². The average Bonchev–Trinajstić information content (AvgIpc) is 2.95. The zero-order valence-corrected chi connectivity index (χ0v) is 14.2. The van der Waals surface area contributed by atoms with E-state index in [-0.39, 0.29) is 11.8 Å². The van der Waals surface area contributed by atoms with Gasteiger partial charge < -0.3 is 10.2 Å². The van der Waals surface area contributed by atoms with Crippen molar-refractivity contribution in [2.45, 2.75) is 38.1 Å². The summed E-state index contributed by atoms with van der Waals surface area (Å²) in [5.41, 5.74) is 3.67. The van der Waals surface area contributed by atoms with Crippen molar-refractivity contribution >= 4 is 22.4 Å². The Labute approximate surface area is 140 Å². The molecule has 5 heteroatoms. The lowest BCUT2D eigenvalue weighted by atomic mass is 9.82. The lowest BCUT2D eigenvalue weighted by Gasteiger charge is -2.24. The van der Waals surface area contributed by atoms with Crippen LogP contribution in [0.3, 0.4) is 0 Å². The summed E-state index contributed by atoms with van der Waals surface area (Å²) in [6, 6.07) is 8.33. The van der Waals surface area contributed by atoms with Crippen LogP contribution >= 0.6 is 11.3 Å². The van der Waals surface area contributed by atoms with Crippen LogP contribution in [0.25, 0.3) is 0 Å². The van der Waals surface area contributed by atoms with Gasteiger partial charge in [0.15, 0.2) is 5.13 Å². The summed E-state index contributed by atoms with van der Waals surface area (Å²) >= 11 is 1.63. The number of rotatable bonds is 2. The quantitative estimate of drug-likeness (QED) is 0.921. The fourth-order valence-electron chi connectivity index (χ4n) is 3.60. The van der Waals surface area contributed by atoms with Crippen LogP contribution in [0.1, 0.15) is 40.5 Å². The van der Waals surface area contributed by atoms with Gasteiger partial charge in [-0.05, 0) is 37.4 Å². The van der Waals surface area contributed by atoms with E-state index in [2.05, 4.69) is 40.4 Å². The highest BCUT2D eigenvalue weighted by molar-refractivity contribution is 7.15. The number of carbonyl (C=O) groups is 1. The summed E-state index contributed by atoms with van der Waals surface area (Å²) in [5, 5.41) is 3.84. The van der Waals surface area contributed by atoms with Gasteiger partial charge in [0.05, 0.1) is 11.6 Å². The molecule has 1 aliphatic heterocycles. The molecular formula is C18H21N3OS. The van der Waals surface area contributed by atoms with Gasteiger partial charge in [-0.15, -0.1) is 11.3 Å². The van der Waals surface area contributed by atoms with E-state index >= 15 is 0 Å². The predicted octanol–water partition coefficient (Wildman–Crippen LogP) is 3.19. The molecule has 1 atom stereocenters. The van der Waals surface area contributed by atoms with Crippen molar-refractivity contribution < 1.29 is 4.79 Å². The van der Waals surface area contributed by atoms with E-state index in [0.29, 0.717) is 0 Å². The Balaban J connectivity index is 1.53. The number of carbonyl (C=O) groups excluding carboxylic acids is 1. The first-order valence-electron chi connectivity index (χ1n) is 8.26. The van der Waals surface area contributed by atoms with Crippen LogP contribution in [0.15, 0.2) is 24.3 Å². The Hall–Kier alpha value is -1.72. The Kier molecular flexibility index (Phi) is 3.91. The second kappa shape index (κ2) is 6.06. The van der Waals surface area contributed by atoms with Gasteiger partial charge in [-0.3, -0.25) is 4.79 Å².